The first-order valence-corrected chi connectivity index (χ1v) is 8.28. The van der Waals surface area contributed by atoms with Crippen molar-refractivity contribution in [3.63, 3.8) is 0 Å². The van der Waals surface area contributed by atoms with E-state index in [1.165, 1.54) is 0 Å². The predicted octanol–water partition coefficient (Wildman–Crippen LogP) is 2.95. The summed E-state index contributed by atoms with van der Waals surface area (Å²) in [4.78, 5) is 19.1. The van der Waals surface area contributed by atoms with E-state index in [0.717, 1.165) is 44.3 Å². The van der Waals surface area contributed by atoms with Crippen LogP contribution in [0, 0.1) is 5.92 Å². The molecule has 0 unspecified atom stereocenters. The topological polar surface area (TPSA) is 42.4 Å². The Hall–Kier alpha value is -1.68. The van der Waals surface area contributed by atoms with Crippen molar-refractivity contribution in [2.75, 3.05) is 13.2 Å². The fourth-order valence-electron chi connectivity index (χ4n) is 3.23. The van der Waals surface area contributed by atoms with E-state index in [2.05, 4.69) is 17.1 Å². The van der Waals surface area contributed by atoms with Crippen LogP contribution in [0.5, 0.6) is 0 Å². The molecule has 1 fully saturated rings. The van der Waals surface area contributed by atoms with Crippen LogP contribution in [0.2, 0.25) is 0 Å². The first-order valence-electron chi connectivity index (χ1n) is 8.28. The Morgan fingerprint density at radius 1 is 1.32 bits per heavy atom. The number of allylic oxidation sites excluding steroid dienone is 2. The molecular weight excluding hydrogens is 276 g/mol. The van der Waals surface area contributed by atoms with Gasteiger partial charge in [-0.25, -0.2) is 0 Å². The molecule has 0 saturated carbocycles. The fraction of sp³-hybridized carbons (Fsp3) is 0.556. The molecule has 1 aromatic rings. The molecule has 1 aliphatic heterocycles. The minimum atomic E-state index is -0.247. The van der Waals surface area contributed by atoms with E-state index in [4.69, 9.17) is 4.74 Å². The van der Waals surface area contributed by atoms with E-state index in [1.54, 1.807) is 6.20 Å². The van der Waals surface area contributed by atoms with Gasteiger partial charge in [0.05, 0.1) is 12.2 Å². The van der Waals surface area contributed by atoms with Gasteiger partial charge in [-0.15, -0.1) is 0 Å². The SMILES string of the molecule is O=C([C@H]1CCCO1)N(Cc1ccccn1)C[C@H]1CC=CCC1. The van der Waals surface area contributed by atoms with E-state index >= 15 is 0 Å². The van der Waals surface area contributed by atoms with Crippen LogP contribution in [-0.2, 0) is 16.1 Å². The van der Waals surface area contributed by atoms with Gasteiger partial charge in [0.1, 0.15) is 6.10 Å². The zero-order chi connectivity index (χ0) is 15.2. The molecule has 4 heteroatoms. The first-order chi connectivity index (χ1) is 10.8. The number of amides is 1. The maximum atomic E-state index is 12.8. The highest BCUT2D eigenvalue weighted by molar-refractivity contribution is 5.81. The summed E-state index contributed by atoms with van der Waals surface area (Å²) < 4.78 is 5.60. The van der Waals surface area contributed by atoms with E-state index in [9.17, 15) is 4.79 Å². The van der Waals surface area contributed by atoms with Gasteiger partial charge in [-0.05, 0) is 50.2 Å². The summed E-state index contributed by atoms with van der Waals surface area (Å²) >= 11 is 0. The summed E-state index contributed by atoms with van der Waals surface area (Å²) in [7, 11) is 0. The van der Waals surface area contributed by atoms with Gasteiger partial charge >= 0.3 is 0 Å². The molecule has 1 aliphatic carbocycles. The number of hydrogen-bond donors (Lipinski definition) is 0. The second kappa shape index (κ2) is 7.54. The Bertz CT molecular complexity index is 509. The van der Waals surface area contributed by atoms with Crippen LogP contribution >= 0.6 is 0 Å². The number of carbonyl (C=O) groups is 1. The Balaban J connectivity index is 1.69. The summed E-state index contributed by atoms with van der Waals surface area (Å²) in [6.07, 6.45) is 11.2. The summed E-state index contributed by atoms with van der Waals surface area (Å²) in [6.45, 7) is 2.10. The average Bonchev–Trinajstić information content (AvgIpc) is 3.10. The third-order valence-electron chi connectivity index (χ3n) is 4.45. The molecule has 2 atom stereocenters. The summed E-state index contributed by atoms with van der Waals surface area (Å²) in [5, 5.41) is 0. The van der Waals surface area contributed by atoms with Crippen LogP contribution < -0.4 is 0 Å². The molecular formula is C18H24N2O2. The van der Waals surface area contributed by atoms with Crippen molar-refractivity contribution in [1.29, 1.82) is 0 Å². The lowest BCUT2D eigenvalue weighted by molar-refractivity contribution is -0.142. The Kier molecular flexibility index (Phi) is 5.22. The standard InChI is InChI=1S/C18H24N2O2/c21-18(17-10-6-12-22-17)20(13-15-7-2-1-3-8-15)14-16-9-4-5-11-19-16/h1-2,4-5,9,11,15,17H,3,6-8,10,12-14H2/t15-,17+/m0/s1. The number of ether oxygens (including phenoxy) is 1. The van der Waals surface area contributed by atoms with E-state index < -0.39 is 0 Å². The van der Waals surface area contributed by atoms with Crippen molar-refractivity contribution in [2.45, 2.75) is 44.8 Å². The molecule has 1 saturated heterocycles. The second-order valence-corrected chi connectivity index (χ2v) is 6.19. The van der Waals surface area contributed by atoms with Gasteiger partial charge in [-0.2, -0.15) is 0 Å². The zero-order valence-corrected chi connectivity index (χ0v) is 13.0. The smallest absolute Gasteiger partial charge is 0.252 e. The van der Waals surface area contributed by atoms with Crippen molar-refractivity contribution in [1.82, 2.24) is 9.88 Å². The molecule has 0 bridgehead atoms. The van der Waals surface area contributed by atoms with Crippen LogP contribution in [-0.4, -0.2) is 35.0 Å². The normalized spacial score (nSPS) is 24.4. The monoisotopic (exact) mass is 300 g/mol. The number of pyridine rings is 1. The van der Waals surface area contributed by atoms with Crippen molar-refractivity contribution >= 4 is 5.91 Å². The Morgan fingerprint density at radius 3 is 2.95 bits per heavy atom. The molecule has 3 rings (SSSR count). The van der Waals surface area contributed by atoms with Crippen molar-refractivity contribution in [3.8, 4) is 0 Å². The van der Waals surface area contributed by atoms with Gasteiger partial charge < -0.3 is 9.64 Å². The van der Waals surface area contributed by atoms with E-state index in [-0.39, 0.29) is 12.0 Å². The number of nitrogens with zero attached hydrogens (tertiary/aromatic N) is 2. The maximum absolute atomic E-state index is 12.8. The highest BCUT2D eigenvalue weighted by Crippen LogP contribution is 2.22. The maximum Gasteiger partial charge on any atom is 0.252 e. The highest BCUT2D eigenvalue weighted by Gasteiger charge is 2.29. The molecule has 2 heterocycles. The molecule has 0 aromatic carbocycles. The minimum Gasteiger partial charge on any atom is -0.368 e. The van der Waals surface area contributed by atoms with E-state index in [0.29, 0.717) is 19.1 Å². The molecule has 118 valence electrons. The van der Waals surface area contributed by atoms with Crippen molar-refractivity contribution in [3.05, 3.63) is 42.2 Å². The van der Waals surface area contributed by atoms with Crippen LogP contribution in [0.15, 0.2) is 36.5 Å². The quantitative estimate of drug-likeness (QED) is 0.785. The van der Waals surface area contributed by atoms with Crippen LogP contribution in [0.25, 0.3) is 0 Å². The minimum absolute atomic E-state index is 0.137. The largest absolute Gasteiger partial charge is 0.368 e. The van der Waals surface area contributed by atoms with E-state index in [1.807, 2.05) is 23.1 Å². The van der Waals surface area contributed by atoms with Gasteiger partial charge in [-0.3, -0.25) is 9.78 Å². The van der Waals surface area contributed by atoms with Crippen molar-refractivity contribution in [2.24, 2.45) is 5.92 Å². The average molecular weight is 300 g/mol. The number of hydrogen-bond acceptors (Lipinski definition) is 3. The molecule has 0 radical (unpaired) electrons. The summed E-state index contributed by atoms with van der Waals surface area (Å²) in [5.41, 5.74) is 0.945. The molecule has 2 aliphatic rings. The zero-order valence-electron chi connectivity index (χ0n) is 13.0. The number of carbonyl (C=O) groups excluding carboxylic acids is 1. The number of rotatable bonds is 5. The third kappa shape index (κ3) is 3.95. The Morgan fingerprint density at radius 2 is 2.27 bits per heavy atom. The lowest BCUT2D eigenvalue weighted by Crippen LogP contribution is -2.41. The molecule has 22 heavy (non-hydrogen) atoms. The van der Waals surface area contributed by atoms with Gasteiger partial charge in [0.15, 0.2) is 0 Å². The molecule has 0 N–H and O–H groups in total. The molecule has 1 aromatic heterocycles. The van der Waals surface area contributed by atoms with Gasteiger partial charge in [0.2, 0.25) is 0 Å². The predicted molar refractivity (Wildman–Crippen MR) is 85.1 cm³/mol. The van der Waals surface area contributed by atoms with Crippen molar-refractivity contribution < 1.29 is 9.53 Å². The lowest BCUT2D eigenvalue weighted by atomic mass is 9.93. The van der Waals surface area contributed by atoms with Gasteiger partial charge in [-0.1, -0.05) is 18.2 Å². The van der Waals surface area contributed by atoms with Crippen LogP contribution in [0.1, 0.15) is 37.8 Å². The van der Waals surface area contributed by atoms with Gasteiger partial charge in [0, 0.05) is 19.3 Å². The lowest BCUT2D eigenvalue weighted by Gasteiger charge is -2.30. The summed E-state index contributed by atoms with van der Waals surface area (Å²) in [6, 6.07) is 5.86. The third-order valence-corrected chi connectivity index (χ3v) is 4.45. The fourth-order valence-corrected chi connectivity index (χ4v) is 3.23. The highest BCUT2D eigenvalue weighted by atomic mass is 16.5. The summed E-state index contributed by atoms with van der Waals surface area (Å²) in [5.74, 6) is 0.691. The first kappa shape index (κ1) is 15.2. The van der Waals surface area contributed by atoms with Crippen LogP contribution in [0.4, 0.5) is 0 Å². The van der Waals surface area contributed by atoms with Crippen LogP contribution in [0.3, 0.4) is 0 Å². The molecule has 4 nitrogen and oxygen atoms in total. The molecule has 0 spiro atoms. The number of aromatic nitrogens is 1. The van der Waals surface area contributed by atoms with Gasteiger partial charge in [0.25, 0.3) is 5.91 Å². The Labute approximate surface area is 132 Å². The molecule has 1 amide bonds. The second-order valence-electron chi connectivity index (χ2n) is 6.19.